The van der Waals surface area contributed by atoms with Crippen LogP contribution >= 0.6 is 23.2 Å². The SMILES string of the molecule is Cc1cc(Cl)cc2c1NC(=O)[C@]21[NH2+][C@@H]([C@@H](C)O)[C@H]2C(=O)N(Cc3ccccc3Cl)C(=O)[C@H]21. The van der Waals surface area contributed by atoms with Crippen molar-refractivity contribution in [2.24, 2.45) is 11.8 Å². The van der Waals surface area contributed by atoms with E-state index in [1.807, 2.05) is 6.92 Å². The van der Waals surface area contributed by atoms with Gasteiger partial charge in [0.25, 0.3) is 5.91 Å². The molecule has 0 saturated carbocycles. The molecule has 1 spiro atoms. The molecule has 0 unspecified atom stereocenters. The lowest BCUT2D eigenvalue weighted by Gasteiger charge is -2.27. The van der Waals surface area contributed by atoms with Gasteiger partial charge in [-0.2, -0.15) is 0 Å². The maximum atomic E-state index is 13.7. The van der Waals surface area contributed by atoms with Crippen LogP contribution in [0.1, 0.15) is 23.6 Å². The molecular formula is C23H22Cl2N3O4+. The molecule has 9 heteroatoms. The summed E-state index contributed by atoms with van der Waals surface area (Å²) >= 11 is 12.6. The summed E-state index contributed by atoms with van der Waals surface area (Å²) in [6, 6.07) is 9.76. The summed E-state index contributed by atoms with van der Waals surface area (Å²) in [6.45, 7) is 3.41. The minimum Gasteiger partial charge on any atom is -0.387 e. The number of likely N-dealkylation sites (tertiary alicyclic amines) is 1. The summed E-state index contributed by atoms with van der Waals surface area (Å²) in [4.78, 5) is 41.8. The number of rotatable bonds is 3. The topological polar surface area (TPSA) is 103 Å². The minimum absolute atomic E-state index is 0.00992. The Morgan fingerprint density at radius 1 is 1.19 bits per heavy atom. The highest BCUT2D eigenvalue weighted by molar-refractivity contribution is 6.31. The van der Waals surface area contributed by atoms with Crippen LogP contribution < -0.4 is 10.6 Å². The molecule has 5 atom stereocenters. The molecule has 3 aliphatic heterocycles. The van der Waals surface area contributed by atoms with Crippen molar-refractivity contribution in [2.75, 3.05) is 5.32 Å². The van der Waals surface area contributed by atoms with Crippen molar-refractivity contribution >= 4 is 46.6 Å². The number of aliphatic hydroxyl groups is 1. The Bertz CT molecular complexity index is 1180. The molecule has 32 heavy (non-hydrogen) atoms. The number of hydrogen-bond acceptors (Lipinski definition) is 4. The van der Waals surface area contributed by atoms with E-state index in [2.05, 4.69) is 5.32 Å². The van der Waals surface area contributed by atoms with Crippen LogP contribution in [-0.4, -0.2) is 39.9 Å². The number of aryl methyl sites for hydroxylation is 1. The summed E-state index contributed by atoms with van der Waals surface area (Å²) in [5.74, 6) is -3.03. The second kappa shape index (κ2) is 7.28. The maximum absolute atomic E-state index is 13.7. The number of anilines is 1. The number of carbonyl (C=O) groups is 3. The molecule has 2 saturated heterocycles. The highest BCUT2D eigenvalue weighted by Gasteiger charge is 2.75. The molecule has 0 aromatic heterocycles. The maximum Gasteiger partial charge on any atom is 0.291 e. The second-order valence-corrected chi connectivity index (χ2v) is 9.65. The van der Waals surface area contributed by atoms with Gasteiger partial charge in [0.1, 0.15) is 24.0 Å². The van der Waals surface area contributed by atoms with Gasteiger partial charge in [-0.25, -0.2) is 0 Å². The van der Waals surface area contributed by atoms with E-state index in [1.165, 1.54) is 4.90 Å². The van der Waals surface area contributed by atoms with Crippen LogP contribution in [-0.2, 0) is 26.5 Å². The lowest BCUT2D eigenvalue weighted by Crippen LogP contribution is -3.00. The van der Waals surface area contributed by atoms with E-state index in [4.69, 9.17) is 23.2 Å². The van der Waals surface area contributed by atoms with Crippen molar-refractivity contribution in [2.45, 2.75) is 38.1 Å². The number of imide groups is 1. The Hall–Kier alpha value is -2.45. The third-order valence-electron chi connectivity index (χ3n) is 7.01. The van der Waals surface area contributed by atoms with Gasteiger partial charge in [-0.05, 0) is 43.2 Å². The molecule has 2 aromatic rings. The van der Waals surface area contributed by atoms with Crippen LogP contribution in [0.5, 0.6) is 0 Å². The number of carbonyl (C=O) groups excluding carboxylic acids is 3. The number of halogens is 2. The van der Waals surface area contributed by atoms with Crippen molar-refractivity contribution in [1.82, 2.24) is 4.90 Å². The van der Waals surface area contributed by atoms with Crippen LogP contribution in [0.4, 0.5) is 5.69 Å². The van der Waals surface area contributed by atoms with Crippen LogP contribution in [0.2, 0.25) is 10.0 Å². The van der Waals surface area contributed by atoms with Gasteiger partial charge in [0.05, 0.1) is 12.2 Å². The number of hydrogen-bond donors (Lipinski definition) is 3. The fourth-order valence-electron chi connectivity index (χ4n) is 5.57. The van der Waals surface area contributed by atoms with Crippen molar-refractivity contribution in [3.8, 4) is 0 Å². The molecule has 7 nitrogen and oxygen atoms in total. The first-order valence-electron chi connectivity index (χ1n) is 10.4. The number of quaternary nitrogens is 1. The van der Waals surface area contributed by atoms with Crippen LogP contribution in [0.15, 0.2) is 36.4 Å². The average Bonchev–Trinajstić information content (AvgIpc) is 3.31. The fourth-order valence-corrected chi connectivity index (χ4v) is 6.04. The van der Waals surface area contributed by atoms with Gasteiger partial charge in [0.15, 0.2) is 0 Å². The molecule has 0 radical (unpaired) electrons. The molecule has 5 rings (SSSR count). The third-order valence-corrected chi connectivity index (χ3v) is 7.59. The summed E-state index contributed by atoms with van der Waals surface area (Å²) in [7, 11) is 0. The average molecular weight is 475 g/mol. The van der Waals surface area contributed by atoms with Gasteiger partial charge in [0.2, 0.25) is 17.4 Å². The molecule has 2 fully saturated rings. The quantitative estimate of drug-likeness (QED) is 0.587. The Morgan fingerprint density at radius 2 is 1.91 bits per heavy atom. The minimum atomic E-state index is -1.38. The van der Waals surface area contributed by atoms with E-state index < -0.39 is 41.3 Å². The van der Waals surface area contributed by atoms with E-state index in [9.17, 15) is 19.5 Å². The fraction of sp³-hybridized carbons (Fsp3) is 0.348. The number of nitrogens with zero attached hydrogens (tertiary/aromatic N) is 1. The zero-order chi connectivity index (χ0) is 22.9. The molecule has 0 aliphatic carbocycles. The highest BCUT2D eigenvalue weighted by Crippen LogP contribution is 2.51. The van der Waals surface area contributed by atoms with E-state index in [0.717, 1.165) is 5.56 Å². The first-order valence-corrected chi connectivity index (χ1v) is 11.2. The van der Waals surface area contributed by atoms with Crippen LogP contribution in [0.25, 0.3) is 0 Å². The van der Waals surface area contributed by atoms with Gasteiger partial charge >= 0.3 is 0 Å². The molecule has 166 valence electrons. The largest absolute Gasteiger partial charge is 0.387 e. The first kappa shape index (κ1) is 21.4. The lowest BCUT2D eigenvalue weighted by atomic mass is 9.76. The lowest BCUT2D eigenvalue weighted by molar-refractivity contribution is -0.738. The number of fused-ring (bicyclic) bond motifs is 4. The standard InChI is InChI=1S/C23H21Cl2N3O4/c1-10-7-13(24)8-14-18(10)26-22(32)23(14)17-16(19(27-23)11(2)29)20(30)28(21(17)31)9-12-5-3-4-6-15(12)25/h3-8,11,16-17,19,27,29H,9H2,1-2H3,(H,26,32)/p+1/t11-,16+,17+,19+,23+/m1/s1. The second-order valence-electron chi connectivity index (χ2n) is 8.81. The van der Waals surface area contributed by atoms with Crippen molar-refractivity contribution in [3.63, 3.8) is 0 Å². The summed E-state index contributed by atoms with van der Waals surface area (Å²) in [5, 5.41) is 16.0. The zero-order valence-electron chi connectivity index (χ0n) is 17.4. The van der Waals surface area contributed by atoms with Gasteiger partial charge < -0.3 is 15.7 Å². The summed E-state index contributed by atoms with van der Waals surface area (Å²) in [6.07, 6.45) is -0.920. The number of aliphatic hydroxyl groups excluding tert-OH is 1. The van der Waals surface area contributed by atoms with E-state index in [1.54, 1.807) is 48.6 Å². The molecule has 4 N–H and O–H groups in total. The summed E-state index contributed by atoms with van der Waals surface area (Å²) < 4.78 is 0. The van der Waals surface area contributed by atoms with Crippen molar-refractivity contribution in [3.05, 3.63) is 63.1 Å². The first-order chi connectivity index (χ1) is 15.2. The van der Waals surface area contributed by atoms with Crippen molar-refractivity contribution in [1.29, 1.82) is 0 Å². The predicted octanol–water partition coefficient (Wildman–Crippen LogP) is 1.58. The number of nitrogens with one attached hydrogen (secondary N) is 1. The summed E-state index contributed by atoms with van der Waals surface area (Å²) in [5.41, 5.74) is 1.21. The zero-order valence-corrected chi connectivity index (χ0v) is 18.9. The monoisotopic (exact) mass is 474 g/mol. The van der Waals surface area contributed by atoms with Crippen LogP contribution in [0, 0.1) is 18.8 Å². The van der Waals surface area contributed by atoms with E-state index >= 15 is 0 Å². The Morgan fingerprint density at radius 3 is 2.59 bits per heavy atom. The Kier molecular flexibility index (Phi) is 4.87. The van der Waals surface area contributed by atoms with Gasteiger partial charge in [0, 0.05) is 15.6 Å². The van der Waals surface area contributed by atoms with Crippen molar-refractivity contribution < 1.29 is 24.8 Å². The Balaban J connectivity index is 1.65. The van der Waals surface area contributed by atoms with Crippen LogP contribution in [0.3, 0.4) is 0 Å². The highest BCUT2D eigenvalue weighted by atomic mass is 35.5. The number of benzene rings is 2. The van der Waals surface area contributed by atoms with E-state index in [0.29, 0.717) is 26.9 Å². The van der Waals surface area contributed by atoms with Gasteiger partial charge in [-0.3, -0.25) is 19.3 Å². The molecule has 2 aromatic carbocycles. The van der Waals surface area contributed by atoms with Gasteiger partial charge in [-0.1, -0.05) is 41.4 Å². The molecule has 0 bridgehead atoms. The van der Waals surface area contributed by atoms with Gasteiger partial charge in [-0.15, -0.1) is 0 Å². The Labute approximate surface area is 194 Å². The molecule has 3 heterocycles. The predicted molar refractivity (Wildman–Crippen MR) is 118 cm³/mol. The molecular weight excluding hydrogens is 453 g/mol. The number of nitrogens with two attached hydrogens (primary N) is 1. The third kappa shape index (κ3) is 2.78. The smallest absolute Gasteiger partial charge is 0.291 e. The number of amides is 3. The molecule has 3 aliphatic rings. The normalized spacial score (nSPS) is 29.5. The van der Waals surface area contributed by atoms with E-state index in [-0.39, 0.29) is 12.5 Å². The molecule has 3 amide bonds.